The Kier molecular flexibility index (Phi) is 8.96. The Hall–Kier alpha value is -6.59. The average molecular weight is 745 g/mol. The molecule has 0 radical (unpaired) electrons. The van der Waals surface area contributed by atoms with Crippen LogP contribution in [0.4, 0.5) is 11.4 Å². The van der Waals surface area contributed by atoms with Crippen molar-refractivity contribution in [2.24, 2.45) is 0 Å². The summed E-state index contributed by atoms with van der Waals surface area (Å²) in [5.74, 6) is 2.48. The molecule has 0 atom stereocenters. The molecular weight excluding hydrogens is 697 g/mol. The van der Waals surface area contributed by atoms with Crippen LogP contribution in [0.5, 0.6) is 11.5 Å². The van der Waals surface area contributed by atoms with Gasteiger partial charge in [0.05, 0.1) is 17.7 Å². The van der Waals surface area contributed by atoms with Crippen LogP contribution in [0.15, 0.2) is 170 Å². The number of nitrogens with zero attached hydrogens (tertiary/aromatic N) is 4. The molecule has 5 nitrogen and oxygen atoms in total. The maximum Gasteiger partial charge on any atom is 0.137 e. The Morgan fingerprint density at radius 2 is 1.07 bits per heavy atom. The number of hydrogen-bond donors (Lipinski definition) is 0. The van der Waals surface area contributed by atoms with E-state index in [0.29, 0.717) is 6.67 Å². The minimum absolute atomic E-state index is 0.000632. The van der Waals surface area contributed by atoms with Gasteiger partial charge in [0.2, 0.25) is 0 Å². The lowest BCUT2D eigenvalue weighted by molar-refractivity contribution is 0.479. The van der Waals surface area contributed by atoms with Crippen molar-refractivity contribution in [3.8, 4) is 39.6 Å². The van der Waals surface area contributed by atoms with E-state index >= 15 is 0 Å². The van der Waals surface area contributed by atoms with Crippen molar-refractivity contribution in [1.82, 2.24) is 9.55 Å². The summed E-state index contributed by atoms with van der Waals surface area (Å²) >= 11 is 0. The largest absolute Gasteiger partial charge is 0.457 e. The molecule has 0 aliphatic carbocycles. The predicted molar refractivity (Wildman–Crippen MR) is 239 cm³/mol. The van der Waals surface area contributed by atoms with E-state index in [1.807, 2.05) is 6.20 Å². The zero-order valence-corrected chi connectivity index (χ0v) is 33.6. The predicted octanol–water partition coefficient (Wildman–Crippen LogP) is 13.7. The fourth-order valence-electron chi connectivity index (χ4n) is 7.77. The zero-order chi connectivity index (χ0) is 39.3. The quantitative estimate of drug-likeness (QED) is 0.163. The average Bonchev–Trinajstić information content (AvgIpc) is 3.84. The fraction of sp³-hybridized carbons (Fsp3) is 0.173. The number of benzene rings is 6. The van der Waals surface area contributed by atoms with Crippen molar-refractivity contribution in [3.05, 3.63) is 181 Å². The minimum Gasteiger partial charge on any atom is -0.457 e. The monoisotopic (exact) mass is 744 g/mol. The molecule has 282 valence electrons. The lowest BCUT2D eigenvalue weighted by Gasteiger charge is -2.26. The maximum absolute atomic E-state index is 6.83. The smallest absolute Gasteiger partial charge is 0.137 e. The number of hydrogen-bond acceptors (Lipinski definition) is 4. The lowest BCUT2D eigenvalue weighted by atomic mass is 9.86. The highest BCUT2D eigenvalue weighted by molar-refractivity contribution is 6.09. The molecule has 0 saturated carbocycles. The Morgan fingerprint density at radius 1 is 0.474 bits per heavy atom. The summed E-state index contributed by atoms with van der Waals surface area (Å²) < 4.78 is 9.10. The SMILES string of the molecule is CC(C)(C)c1cc(Oc2ccc3c4ccccc4n(-c4cc(C(C)(C)C)ccn4)c3c2)cc(N2C=CN(c3cc(-c4ccccc4)cc(-c4ccccc4)c3)C2)c1. The summed E-state index contributed by atoms with van der Waals surface area (Å²) in [5, 5.41) is 2.36. The van der Waals surface area contributed by atoms with Crippen LogP contribution in [0.3, 0.4) is 0 Å². The number of rotatable bonds is 7. The van der Waals surface area contributed by atoms with E-state index in [-0.39, 0.29) is 10.8 Å². The van der Waals surface area contributed by atoms with Gasteiger partial charge in [0.15, 0.2) is 0 Å². The first-order chi connectivity index (χ1) is 27.5. The van der Waals surface area contributed by atoms with Gasteiger partial charge in [-0.15, -0.1) is 0 Å². The third kappa shape index (κ3) is 7.18. The van der Waals surface area contributed by atoms with Crippen molar-refractivity contribution in [2.45, 2.75) is 52.4 Å². The molecule has 0 unspecified atom stereocenters. The second-order valence-corrected chi connectivity index (χ2v) is 17.1. The van der Waals surface area contributed by atoms with Crippen LogP contribution in [-0.4, -0.2) is 16.2 Å². The van der Waals surface area contributed by atoms with E-state index in [9.17, 15) is 0 Å². The van der Waals surface area contributed by atoms with Gasteiger partial charge in [0.25, 0.3) is 0 Å². The van der Waals surface area contributed by atoms with Crippen molar-refractivity contribution >= 4 is 33.2 Å². The van der Waals surface area contributed by atoms with Gasteiger partial charge in [0.1, 0.15) is 17.3 Å². The summed E-state index contributed by atoms with van der Waals surface area (Å²) in [4.78, 5) is 9.50. The normalized spacial score (nSPS) is 13.2. The Bertz CT molecular complexity index is 2710. The second kappa shape index (κ2) is 14.2. The third-order valence-electron chi connectivity index (χ3n) is 11.0. The maximum atomic E-state index is 6.83. The molecule has 8 aromatic rings. The van der Waals surface area contributed by atoms with E-state index in [1.54, 1.807) is 0 Å². The van der Waals surface area contributed by atoms with E-state index in [1.165, 1.54) is 44.2 Å². The molecule has 3 heterocycles. The molecule has 1 aliphatic heterocycles. The first-order valence-electron chi connectivity index (χ1n) is 19.8. The molecule has 0 spiro atoms. The summed E-state index contributed by atoms with van der Waals surface area (Å²) in [6.07, 6.45) is 6.28. The highest BCUT2D eigenvalue weighted by Gasteiger charge is 2.23. The molecule has 2 aromatic heterocycles. The van der Waals surface area contributed by atoms with Crippen molar-refractivity contribution in [3.63, 3.8) is 0 Å². The van der Waals surface area contributed by atoms with E-state index < -0.39 is 0 Å². The highest BCUT2D eigenvalue weighted by Crippen LogP contribution is 2.39. The van der Waals surface area contributed by atoms with Crippen molar-refractivity contribution in [2.75, 3.05) is 16.5 Å². The van der Waals surface area contributed by atoms with Gasteiger partial charge in [-0.2, -0.15) is 0 Å². The molecule has 0 bridgehead atoms. The number of pyridine rings is 1. The molecule has 0 N–H and O–H groups in total. The molecule has 6 aromatic carbocycles. The molecule has 1 aliphatic rings. The molecule has 5 heteroatoms. The summed E-state index contributed by atoms with van der Waals surface area (Å²) in [6, 6.07) is 54.1. The van der Waals surface area contributed by atoms with E-state index in [0.717, 1.165) is 39.7 Å². The van der Waals surface area contributed by atoms with Crippen LogP contribution in [0, 0.1) is 0 Å². The standard InChI is InChI=1S/C52H48N4O/c1-51(2,3)40-23-24-53-50(32-40)56-48-20-14-13-19-46(48)47-22-21-44(34-49(47)56)57-45-31-41(52(4,5)6)30-43(33-45)55-26-25-54(35-55)42-28-38(36-15-9-7-10-16-36)27-39(29-42)37-17-11-8-12-18-37/h7-34H,35H2,1-6H3. The van der Waals surface area contributed by atoms with Crippen molar-refractivity contribution in [1.29, 1.82) is 0 Å². The second-order valence-electron chi connectivity index (χ2n) is 17.1. The molecule has 9 rings (SSSR count). The number of fused-ring (bicyclic) bond motifs is 3. The Morgan fingerprint density at radius 3 is 1.72 bits per heavy atom. The van der Waals surface area contributed by atoms with Gasteiger partial charge in [-0.25, -0.2) is 4.98 Å². The first-order valence-corrected chi connectivity index (χ1v) is 19.8. The van der Waals surface area contributed by atoms with Gasteiger partial charge in [-0.1, -0.05) is 120 Å². The summed E-state index contributed by atoms with van der Waals surface area (Å²) in [7, 11) is 0. The lowest BCUT2D eigenvalue weighted by Crippen LogP contribution is -2.25. The summed E-state index contributed by atoms with van der Waals surface area (Å²) in [6.45, 7) is 14.2. The molecule has 57 heavy (non-hydrogen) atoms. The van der Waals surface area contributed by atoms with Gasteiger partial charge >= 0.3 is 0 Å². The number of ether oxygens (including phenoxy) is 1. The topological polar surface area (TPSA) is 33.5 Å². The van der Waals surface area contributed by atoms with E-state index in [4.69, 9.17) is 9.72 Å². The first kappa shape index (κ1) is 36.1. The van der Waals surface area contributed by atoms with Crippen LogP contribution in [-0.2, 0) is 10.8 Å². The molecule has 0 saturated heterocycles. The third-order valence-corrected chi connectivity index (χ3v) is 11.0. The number of para-hydroxylation sites is 1. The van der Waals surface area contributed by atoms with Crippen LogP contribution in [0.25, 0.3) is 49.9 Å². The van der Waals surface area contributed by atoms with Gasteiger partial charge in [-0.3, -0.25) is 4.57 Å². The van der Waals surface area contributed by atoms with Crippen LogP contribution in [0.2, 0.25) is 0 Å². The van der Waals surface area contributed by atoms with Gasteiger partial charge in [-0.05, 0) is 105 Å². The van der Waals surface area contributed by atoms with Crippen molar-refractivity contribution < 1.29 is 4.74 Å². The molecular formula is C52H48N4O. The molecule has 0 amide bonds. The van der Waals surface area contributed by atoms with Gasteiger partial charge < -0.3 is 14.5 Å². The molecule has 0 fully saturated rings. The summed E-state index contributed by atoms with van der Waals surface area (Å²) in [5.41, 5.74) is 11.5. The Balaban J connectivity index is 1.06. The van der Waals surface area contributed by atoms with E-state index in [2.05, 4.69) is 220 Å². The minimum atomic E-state index is -0.0913. The number of aromatic nitrogens is 2. The van der Waals surface area contributed by atoms with Crippen LogP contribution >= 0.6 is 0 Å². The van der Waals surface area contributed by atoms with Crippen LogP contribution < -0.4 is 14.5 Å². The van der Waals surface area contributed by atoms with Gasteiger partial charge in [0, 0.05) is 52.9 Å². The number of anilines is 2. The van der Waals surface area contributed by atoms with Crippen LogP contribution in [0.1, 0.15) is 52.7 Å². The Labute approximate surface area is 336 Å². The fourth-order valence-corrected chi connectivity index (χ4v) is 7.77. The zero-order valence-electron chi connectivity index (χ0n) is 33.6. The highest BCUT2D eigenvalue weighted by atomic mass is 16.5.